The van der Waals surface area contributed by atoms with Gasteiger partial charge in [-0.1, -0.05) is 20.8 Å². The number of aliphatic hydroxyl groups is 1. The van der Waals surface area contributed by atoms with Gasteiger partial charge < -0.3 is 5.11 Å². The van der Waals surface area contributed by atoms with Crippen LogP contribution in [0.15, 0.2) is 0 Å². The van der Waals surface area contributed by atoms with Crippen molar-refractivity contribution in [2.45, 2.75) is 46.6 Å². The second-order valence-corrected chi connectivity index (χ2v) is 3.70. The predicted octanol–water partition coefficient (Wildman–Crippen LogP) is 2.01. The maximum atomic E-state index is 10.9. The summed E-state index contributed by atoms with van der Waals surface area (Å²) in [7, 11) is 0. The molecule has 72 valence electrons. The molecule has 0 amide bonds. The van der Waals surface area contributed by atoms with Crippen LogP contribution in [0.4, 0.5) is 0 Å². The zero-order valence-electron chi connectivity index (χ0n) is 8.50. The van der Waals surface area contributed by atoms with Gasteiger partial charge in [0, 0.05) is 5.92 Å². The van der Waals surface area contributed by atoms with E-state index < -0.39 is 0 Å². The van der Waals surface area contributed by atoms with Crippen molar-refractivity contribution in [2.75, 3.05) is 0 Å². The zero-order valence-corrected chi connectivity index (χ0v) is 8.50. The van der Waals surface area contributed by atoms with E-state index in [0.717, 1.165) is 12.8 Å². The number of aliphatic hydroxyl groups excluding tert-OH is 1. The summed E-state index contributed by atoms with van der Waals surface area (Å²) in [6, 6.07) is 0. The van der Waals surface area contributed by atoms with Crippen LogP contribution in [0, 0.1) is 11.8 Å². The summed E-state index contributed by atoms with van der Waals surface area (Å²) in [4.78, 5) is 10.9. The van der Waals surface area contributed by atoms with Crippen molar-refractivity contribution < 1.29 is 9.90 Å². The van der Waals surface area contributed by atoms with Crippen LogP contribution < -0.4 is 0 Å². The summed E-state index contributed by atoms with van der Waals surface area (Å²) < 4.78 is 0. The molecular formula is C10H20O2. The van der Waals surface area contributed by atoms with Gasteiger partial charge in [-0.15, -0.1) is 0 Å². The maximum absolute atomic E-state index is 10.9. The molecule has 0 aromatic rings. The molecule has 0 aromatic heterocycles. The minimum atomic E-state index is -0.258. The first-order valence-corrected chi connectivity index (χ1v) is 4.67. The number of rotatable bonds is 5. The van der Waals surface area contributed by atoms with Crippen molar-refractivity contribution in [3.05, 3.63) is 0 Å². The zero-order chi connectivity index (χ0) is 9.72. The monoisotopic (exact) mass is 172 g/mol. The van der Waals surface area contributed by atoms with Crippen molar-refractivity contribution in [1.82, 2.24) is 0 Å². The van der Waals surface area contributed by atoms with Gasteiger partial charge in [0.2, 0.25) is 0 Å². The molecule has 3 unspecified atom stereocenters. The van der Waals surface area contributed by atoms with E-state index in [2.05, 4.69) is 0 Å². The lowest BCUT2D eigenvalue weighted by Gasteiger charge is -2.19. The maximum Gasteiger partial charge on any atom is 0.132 e. The molecule has 0 bridgehead atoms. The van der Waals surface area contributed by atoms with E-state index in [1.54, 1.807) is 6.92 Å². The van der Waals surface area contributed by atoms with Gasteiger partial charge in [0.15, 0.2) is 0 Å². The second-order valence-electron chi connectivity index (χ2n) is 3.70. The Hall–Kier alpha value is -0.370. The molecule has 0 aliphatic carbocycles. The average molecular weight is 172 g/mol. The summed E-state index contributed by atoms with van der Waals surface area (Å²) in [5, 5.41) is 9.45. The van der Waals surface area contributed by atoms with Crippen LogP contribution >= 0.6 is 0 Å². The molecule has 12 heavy (non-hydrogen) atoms. The van der Waals surface area contributed by atoms with Gasteiger partial charge in [-0.25, -0.2) is 0 Å². The van der Waals surface area contributed by atoms with Crippen molar-refractivity contribution in [3.63, 3.8) is 0 Å². The average Bonchev–Trinajstić information content (AvgIpc) is 2.02. The fourth-order valence-corrected chi connectivity index (χ4v) is 1.28. The van der Waals surface area contributed by atoms with E-state index in [0.29, 0.717) is 0 Å². The molecule has 2 heteroatoms. The van der Waals surface area contributed by atoms with Gasteiger partial charge in [-0.05, 0) is 25.7 Å². The van der Waals surface area contributed by atoms with Crippen molar-refractivity contribution in [1.29, 1.82) is 0 Å². The highest BCUT2D eigenvalue weighted by Gasteiger charge is 2.17. The molecule has 0 aliphatic heterocycles. The molecule has 0 spiro atoms. The minimum absolute atomic E-state index is 0.0844. The minimum Gasteiger partial charge on any atom is -0.393 e. The Labute approximate surface area is 75.0 Å². The lowest BCUT2D eigenvalue weighted by molar-refractivity contribution is -0.120. The van der Waals surface area contributed by atoms with Crippen LogP contribution in [0.25, 0.3) is 0 Å². The molecule has 0 radical (unpaired) electrons. The standard InChI is InChI=1S/C10H20O2/c1-5-10(12)8(3)6-7(2)9(4)11/h7-8,10,12H,5-6H2,1-4H3. The van der Waals surface area contributed by atoms with E-state index in [1.807, 2.05) is 20.8 Å². The number of carbonyl (C=O) groups excluding carboxylic acids is 1. The van der Waals surface area contributed by atoms with Crippen LogP contribution in [0.1, 0.15) is 40.5 Å². The predicted molar refractivity (Wildman–Crippen MR) is 49.9 cm³/mol. The number of hydrogen-bond donors (Lipinski definition) is 1. The Morgan fingerprint density at radius 3 is 2.25 bits per heavy atom. The Morgan fingerprint density at radius 2 is 1.92 bits per heavy atom. The van der Waals surface area contributed by atoms with E-state index in [4.69, 9.17) is 0 Å². The van der Waals surface area contributed by atoms with Gasteiger partial charge in [-0.2, -0.15) is 0 Å². The molecule has 2 nitrogen and oxygen atoms in total. The first kappa shape index (κ1) is 11.6. The highest BCUT2D eigenvalue weighted by Crippen LogP contribution is 2.17. The van der Waals surface area contributed by atoms with Crippen molar-refractivity contribution in [3.8, 4) is 0 Å². The van der Waals surface area contributed by atoms with Crippen molar-refractivity contribution in [2.24, 2.45) is 11.8 Å². The summed E-state index contributed by atoms with van der Waals surface area (Å²) in [6.07, 6.45) is 1.31. The summed E-state index contributed by atoms with van der Waals surface area (Å²) in [5.74, 6) is 0.528. The van der Waals surface area contributed by atoms with Crippen LogP contribution in [-0.2, 0) is 4.79 Å². The van der Waals surface area contributed by atoms with Crippen LogP contribution in [-0.4, -0.2) is 17.0 Å². The highest BCUT2D eigenvalue weighted by molar-refractivity contribution is 5.77. The molecule has 0 saturated carbocycles. The third-order valence-electron chi connectivity index (χ3n) is 2.49. The first-order valence-electron chi connectivity index (χ1n) is 4.67. The lowest BCUT2D eigenvalue weighted by atomic mass is 9.90. The molecule has 0 fully saturated rings. The van der Waals surface area contributed by atoms with E-state index in [-0.39, 0.29) is 23.7 Å². The molecule has 0 rings (SSSR count). The van der Waals surface area contributed by atoms with E-state index >= 15 is 0 Å². The Kier molecular flexibility index (Phi) is 5.14. The number of hydrogen-bond acceptors (Lipinski definition) is 2. The Morgan fingerprint density at radius 1 is 1.42 bits per heavy atom. The van der Waals surface area contributed by atoms with Crippen LogP contribution in [0.5, 0.6) is 0 Å². The smallest absolute Gasteiger partial charge is 0.132 e. The molecule has 0 saturated heterocycles. The molecule has 3 atom stereocenters. The van der Waals surface area contributed by atoms with Gasteiger partial charge in [0.25, 0.3) is 0 Å². The SMILES string of the molecule is CCC(O)C(C)CC(C)C(C)=O. The fourth-order valence-electron chi connectivity index (χ4n) is 1.28. The highest BCUT2D eigenvalue weighted by atomic mass is 16.3. The second kappa shape index (κ2) is 5.31. The third kappa shape index (κ3) is 3.86. The largest absolute Gasteiger partial charge is 0.393 e. The fraction of sp³-hybridized carbons (Fsp3) is 0.900. The number of ketones is 1. The molecule has 0 aliphatic rings. The quantitative estimate of drug-likeness (QED) is 0.688. The first-order chi connectivity index (χ1) is 5.49. The summed E-state index contributed by atoms with van der Waals surface area (Å²) in [5.41, 5.74) is 0. The molecular weight excluding hydrogens is 152 g/mol. The topological polar surface area (TPSA) is 37.3 Å². The Bertz CT molecular complexity index is 143. The third-order valence-corrected chi connectivity index (χ3v) is 2.49. The van der Waals surface area contributed by atoms with E-state index in [1.165, 1.54) is 0 Å². The van der Waals surface area contributed by atoms with Crippen LogP contribution in [0.2, 0.25) is 0 Å². The number of Topliss-reactive ketones (excluding diaryl/α,β-unsaturated/α-hetero) is 1. The molecule has 0 aromatic carbocycles. The van der Waals surface area contributed by atoms with Crippen LogP contribution in [0.3, 0.4) is 0 Å². The van der Waals surface area contributed by atoms with E-state index in [9.17, 15) is 9.90 Å². The summed E-state index contributed by atoms with van der Waals surface area (Å²) in [6.45, 7) is 7.48. The number of carbonyl (C=O) groups is 1. The lowest BCUT2D eigenvalue weighted by Crippen LogP contribution is -2.21. The van der Waals surface area contributed by atoms with Crippen molar-refractivity contribution >= 4 is 5.78 Å². The summed E-state index contributed by atoms with van der Waals surface area (Å²) >= 11 is 0. The molecule has 1 N–H and O–H groups in total. The van der Waals surface area contributed by atoms with Gasteiger partial charge in [-0.3, -0.25) is 4.79 Å². The van der Waals surface area contributed by atoms with Gasteiger partial charge in [0.05, 0.1) is 6.10 Å². The molecule has 0 heterocycles. The van der Waals surface area contributed by atoms with Gasteiger partial charge >= 0.3 is 0 Å². The normalized spacial score (nSPS) is 18.4. The van der Waals surface area contributed by atoms with Gasteiger partial charge in [0.1, 0.15) is 5.78 Å². The Balaban J connectivity index is 3.83.